The van der Waals surface area contributed by atoms with Crippen LogP contribution in [0.2, 0.25) is 5.02 Å². The highest BCUT2D eigenvalue weighted by molar-refractivity contribution is 7.83. The summed E-state index contributed by atoms with van der Waals surface area (Å²) in [6.07, 6.45) is 0. The van der Waals surface area contributed by atoms with Gasteiger partial charge in [0.15, 0.2) is 0 Å². The first-order chi connectivity index (χ1) is 3.72. The van der Waals surface area contributed by atoms with Crippen LogP contribution in [0, 0.1) is 6.92 Å². The molecule has 0 amide bonds. The van der Waals surface area contributed by atoms with E-state index >= 15 is 0 Å². The first-order valence-electron chi connectivity index (χ1n) is 2.14. The largest absolute Gasteiger partial charge is 0.136 e. The number of hydrogen-bond donors (Lipinski definition) is 1. The van der Waals surface area contributed by atoms with E-state index < -0.39 is 0 Å². The smallest absolute Gasteiger partial charge is 0.0757 e. The molecule has 0 aliphatic heterocycles. The Labute approximate surface area is 62.9 Å². The fourth-order valence-electron chi connectivity index (χ4n) is 0.416. The van der Waals surface area contributed by atoms with E-state index in [9.17, 15) is 0 Å². The average Bonchev–Trinajstić information content (AvgIpc) is 1.98. The summed E-state index contributed by atoms with van der Waals surface area (Å²) in [5.74, 6) is 0. The molecule has 0 nitrogen and oxygen atoms in total. The van der Waals surface area contributed by atoms with Gasteiger partial charge in [0.1, 0.15) is 0 Å². The minimum atomic E-state index is 0.790. The van der Waals surface area contributed by atoms with Crippen molar-refractivity contribution in [1.29, 1.82) is 0 Å². The molecule has 0 spiro atoms. The predicted octanol–water partition coefficient (Wildman–Crippen LogP) is 3.00. The molecule has 0 bridgehead atoms. The lowest BCUT2D eigenvalue weighted by Gasteiger charge is -1.82. The zero-order valence-corrected chi connectivity index (χ0v) is 6.78. The Morgan fingerprint density at radius 2 is 2.38 bits per heavy atom. The number of rotatable bonds is 0. The molecule has 3 heteroatoms. The average molecular weight is 165 g/mol. The van der Waals surface area contributed by atoms with Gasteiger partial charge in [0.05, 0.1) is 9.23 Å². The molecule has 0 aliphatic carbocycles. The minimum Gasteiger partial charge on any atom is -0.136 e. The third kappa shape index (κ3) is 1.02. The van der Waals surface area contributed by atoms with Gasteiger partial charge < -0.3 is 0 Å². The fraction of sp³-hybridized carbons (Fsp3) is 0.200. The molecule has 0 N–H and O–H groups in total. The van der Waals surface area contributed by atoms with E-state index in [-0.39, 0.29) is 0 Å². The Morgan fingerprint density at radius 3 is 2.50 bits per heavy atom. The molecular formula is C5H5ClS2. The summed E-state index contributed by atoms with van der Waals surface area (Å²) in [5.41, 5.74) is 1.11. The van der Waals surface area contributed by atoms with Gasteiger partial charge in [0, 0.05) is 0 Å². The normalized spacial score (nSPS) is 9.88. The number of hydrogen-bond acceptors (Lipinski definition) is 2. The molecule has 0 unspecified atom stereocenters. The third-order valence-electron chi connectivity index (χ3n) is 0.881. The first kappa shape index (κ1) is 6.46. The molecule has 44 valence electrons. The lowest BCUT2D eigenvalue weighted by molar-refractivity contribution is 1.51. The summed E-state index contributed by atoms with van der Waals surface area (Å²) in [4.78, 5) is 0. The van der Waals surface area contributed by atoms with Crippen LogP contribution in [-0.4, -0.2) is 0 Å². The van der Waals surface area contributed by atoms with E-state index in [2.05, 4.69) is 12.6 Å². The maximum Gasteiger partial charge on any atom is 0.0757 e. The maximum absolute atomic E-state index is 5.73. The van der Waals surface area contributed by atoms with Gasteiger partial charge in [0.2, 0.25) is 0 Å². The fourth-order valence-corrected chi connectivity index (χ4v) is 1.67. The molecule has 0 atom stereocenters. The van der Waals surface area contributed by atoms with Gasteiger partial charge in [-0.1, -0.05) is 11.6 Å². The topological polar surface area (TPSA) is 0 Å². The molecule has 1 rings (SSSR count). The number of thiol groups is 1. The van der Waals surface area contributed by atoms with Crippen molar-refractivity contribution in [2.45, 2.75) is 11.1 Å². The van der Waals surface area contributed by atoms with Crippen LogP contribution < -0.4 is 0 Å². The molecule has 0 saturated heterocycles. The van der Waals surface area contributed by atoms with Gasteiger partial charge in [-0.05, 0) is 17.9 Å². The van der Waals surface area contributed by atoms with Gasteiger partial charge in [-0.25, -0.2) is 0 Å². The van der Waals surface area contributed by atoms with Gasteiger partial charge in [-0.3, -0.25) is 0 Å². The third-order valence-corrected chi connectivity index (χ3v) is 3.05. The van der Waals surface area contributed by atoms with Gasteiger partial charge >= 0.3 is 0 Å². The summed E-state index contributed by atoms with van der Waals surface area (Å²) >= 11 is 11.4. The number of aryl methyl sites for hydroxylation is 1. The summed E-state index contributed by atoms with van der Waals surface area (Å²) in [7, 11) is 0. The van der Waals surface area contributed by atoms with E-state index in [0.29, 0.717) is 0 Å². The zero-order chi connectivity index (χ0) is 6.15. The molecule has 0 aromatic carbocycles. The monoisotopic (exact) mass is 164 g/mol. The van der Waals surface area contributed by atoms with E-state index in [4.69, 9.17) is 11.6 Å². The van der Waals surface area contributed by atoms with E-state index in [1.165, 1.54) is 0 Å². The summed E-state index contributed by atoms with van der Waals surface area (Å²) in [6, 6.07) is 0. The molecular weight excluding hydrogens is 160 g/mol. The highest BCUT2D eigenvalue weighted by atomic mass is 35.5. The van der Waals surface area contributed by atoms with E-state index in [0.717, 1.165) is 14.8 Å². The van der Waals surface area contributed by atoms with Crippen molar-refractivity contribution in [2.24, 2.45) is 0 Å². The Hall–Kier alpha value is 0.340. The molecule has 1 aromatic heterocycles. The van der Waals surface area contributed by atoms with Crippen molar-refractivity contribution < 1.29 is 0 Å². The van der Waals surface area contributed by atoms with Crippen LogP contribution in [0.5, 0.6) is 0 Å². The van der Waals surface area contributed by atoms with Crippen LogP contribution in [0.15, 0.2) is 9.59 Å². The highest BCUT2D eigenvalue weighted by Gasteiger charge is 1.99. The van der Waals surface area contributed by atoms with Gasteiger partial charge in [-0.2, -0.15) is 0 Å². The van der Waals surface area contributed by atoms with Crippen molar-refractivity contribution >= 4 is 35.6 Å². The second kappa shape index (κ2) is 2.29. The molecule has 0 aliphatic rings. The second-order valence-electron chi connectivity index (χ2n) is 1.54. The van der Waals surface area contributed by atoms with Crippen molar-refractivity contribution in [3.63, 3.8) is 0 Å². The van der Waals surface area contributed by atoms with Crippen LogP contribution in [0.25, 0.3) is 0 Å². The predicted molar refractivity (Wildman–Crippen MR) is 41.3 cm³/mol. The highest BCUT2D eigenvalue weighted by Crippen LogP contribution is 2.29. The Morgan fingerprint density at radius 1 is 1.75 bits per heavy atom. The standard InChI is InChI=1S/C5H5ClS2/c1-3-2-8-5(7)4(3)6/h2,7H,1H3. The number of thiophene rings is 1. The SMILES string of the molecule is Cc1csc(S)c1Cl. The summed E-state index contributed by atoms with van der Waals surface area (Å²) in [5, 5.41) is 2.78. The molecule has 1 aromatic rings. The van der Waals surface area contributed by atoms with Gasteiger partial charge in [0.25, 0.3) is 0 Å². The molecule has 0 radical (unpaired) electrons. The van der Waals surface area contributed by atoms with Crippen LogP contribution in [0.3, 0.4) is 0 Å². The van der Waals surface area contributed by atoms with Crippen LogP contribution in [-0.2, 0) is 0 Å². The van der Waals surface area contributed by atoms with Crippen molar-refractivity contribution in [3.05, 3.63) is 16.0 Å². The first-order valence-corrected chi connectivity index (χ1v) is 3.85. The Kier molecular flexibility index (Phi) is 1.85. The Balaban J connectivity index is 3.19. The molecule has 8 heavy (non-hydrogen) atoms. The van der Waals surface area contributed by atoms with Crippen molar-refractivity contribution in [3.8, 4) is 0 Å². The Bertz CT molecular complexity index is 173. The molecule has 1 heterocycles. The maximum atomic E-state index is 5.73. The van der Waals surface area contributed by atoms with Crippen molar-refractivity contribution in [1.82, 2.24) is 0 Å². The molecule has 0 fully saturated rings. The van der Waals surface area contributed by atoms with E-state index in [1.54, 1.807) is 11.3 Å². The van der Waals surface area contributed by atoms with Crippen molar-refractivity contribution in [2.75, 3.05) is 0 Å². The lowest BCUT2D eigenvalue weighted by Crippen LogP contribution is -1.59. The van der Waals surface area contributed by atoms with E-state index in [1.807, 2.05) is 12.3 Å². The lowest BCUT2D eigenvalue weighted by atomic mass is 10.4. The minimum absolute atomic E-state index is 0.790. The number of halogens is 1. The zero-order valence-electron chi connectivity index (χ0n) is 4.31. The summed E-state index contributed by atoms with van der Waals surface area (Å²) in [6.45, 7) is 1.97. The quantitative estimate of drug-likeness (QED) is 0.560. The second-order valence-corrected chi connectivity index (χ2v) is 3.55. The van der Waals surface area contributed by atoms with Gasteiger partial charge in [-0.15, -0.1) is 24.0 Å². The molecule has 0 saturated carbocycles. The van der Waals surface area contributed by atoms with Crippen LogP contribution >= 0.6 is 35.6 Å². The van der Waals surface area contributed by atoms with Crippen LogP contribution in [0.1, 0.15) is 5.56 Å². The van der Waals surface area contributed by atoms with Crippen LogP contribution in [0.4, 0.5) is 0 Å². The summed E-state index contributed by atoms with van der Waals surface area (Å²) < 4.78 is 0.907.